The van der Waals surface area contributed by atoms with Gasteiger partial charge in [-0.25, -0.2) is 0 Å². The van der Waals surface area contributed by atoms with Crippen molar-refractivity contribution in [3.8, 4) is 28.7 Å². The van der Waals surface area contributed by atoms with E-state index in [0.717, 1.165) is 24.0 Å². The van der Waals surface area contributed by atoms with E-state index >= 15 is 0 Å². The first-order valence-corrected chi connectivity index (χ1v) is 14.0. The number of aryl methyl sites for hydroxylation is 2. The Kier molecular flexibility index (Phi) is 11.7. The summed E-state index contributed by atoms with van der Waals surface area (Å²) in [6.45, 7) is 4.69. The minimum absolute atomic E-state index is 0.0494. The quantitative estimate of drug-likeness (QED) is 0.128. The first-order valence-electron chi connectivity index (χ1n) is 14.0. The second kappa shape index (κ2) is 15.2. The summed E-state index contributed by atoms with van der Waals surface area (Å²) in [5.74, 6) is -0.109. The highest BCUT2D eigenvalue weighted by molar-refractivity contribution is 5.82. The number of aliphatic hydroxyl groups excluding tert-OH is 1. The van der Waals surface area contributed by atoms with Crippen molar-refractivity contribution in [1.29, 1.82) is 0 Å². The maximum atomic E-state index is 13.5. The Hall–Kier alpha value is -3.71. The highest BCUT2D eigenvalue weighted by Gasteiger charge is 2.27. The Labute approximate surface area is 237 Å². The SMILES string of the molecule is COc1cc(CCC(O)C(Cc2ccccc2)C(=O)CCc2cc(O)c(O)c(OCCCC(C)C)c2)ccc1O. The fourth-order valence-electron chi connectivity index (χ4n) is 4.76. The van der Waals surface area contributed by atoms with Crippen LogP contribution in [0.4, 0.5) is 0 Å². The number of carbonyl (C=O) groups is 1. The second-order valence-electron chi connectivity index (χ2n) is 10.7. The maximum Gasteiger partial charge on any atom is 0.200 e. The maximum absolute atomic E-state index is 13.5. The largest absolute Gasteiger partial charge is 0.504 e. The molecule has 0 aliphatic heterocycles. The Bertz CT molecular complexity index is 1220. The van der Waals surface area contributed by atoms with Crippen LogP contribution in [0, 0.1) is 11.8 Å². The van der Waals surface area contributed by atoms with Gasteiger partial charge in [-0.2, -0.15) is 0 Å². The van der Waals surface area contributed by atoms with E-state index in [1.165, 1.54) is 13.2 Å². The molecular weight excluding hydrogens is 508 g/mol. The van der Waals surface area contributed by atoms with Crippen LogP contribution >= 0.6 is 0 Å². The molecule has 3 rings (SSSR count). The molecule has 2 unspecified atom stereocenters. The average molecular weight is 551 g/mol. The molecule has 0 aliphatic carbocycles. The number of phenols is 3. The molecule has 3 aromatic rings. The summed E-state index contributed by atoms with van der Waals surface area (Å²) in [6.07, 6.45) is 2.74. The highest BCUT2D eigenvalue weighted by atomic mass is 16.5. The minimum atomic E-state index is -0.874. The van der Waals surface area contributed by atoms with Crippen molar-refractivity contribution in [3.63, 3.8) is 0 Å². The summed E-state index contributed by atoms with van der Waals surface area (Å²) in [7, 11) is 1.48. The number of rotatable bonds is 16. The molecule has 40 heavy (non-hydrogen) atoms. The predicted octanol–water partition coefficient (Wildman–Crippen LogP) is 5.98. The Balaban J connectivity index is 1.68. The lowest BCUT2D eigenvalue weighted by Gasteiger charge is -2.22. The monoisotopic (exact) mass is 550 g/mol. The summed E-state index contributed by atoms with van der Waals surface area (Å²) in [4.78, 5) is 13.5. The molecule has 0 spiro atoms. The molecule has 0 heterocycles. The molecule has 0 saturated carbocycles. The van der Waals surface area contributed by atoms with Gasteiger partial charge in [0.15, 0.2) is 23.0 Å². The molecule has 216 valence electrons. The van der Waals surface area contributed by atoms with Crippen LogP contribution in [0.2, 0.25) is 0 Å². The highest BCUT2D eigenvalue weighted by Crippen LogP contribution is 2.37. The molecular formula is C33H42O7. The van der Waals surface area contributed by atoms with Crippen molar-refractivity contribution < 1.29 is 34.7 Å². The van der Waals surface area contributed by atoms with E-state index in [2.05, 4.69) is 13.8 Å². The van der Waals surface area contributed by atoms with Crippen molar-refractivity contribution in [2.24, 2.45) is 11.8 Å². The molecule has 3 aromatic carbocycles. The lowest BCUT2D eigenvalue weighted by atomic mass is 9.85. The van der Waals surface area contributed by atoms with Crippen LogP contribution in [0.5, 0.6) is 28.7 Å². The van der Waals surface area contributed by atoms with Crippen LogP contribution in [0.15, 0.2) is 60.7 Å². The molecule has 0 saturated heterocycles. The molecule has 0 fully saturated rings. The Morgan fingerprint density at radius 2 is 1.55 bits per heavy atom. The molecule has 0 aliphatic rings. The lowest BCUT2D eigenvalue weighted by Crippen LogP contribution is -2.31. The van der Waals surface area contributed by atoms with Crippen LogP contribution in [0.25, 0.3) is 0 Å². The van der Waals surface area contributed by atoms with Crippen molar-refractivity contribution in [3.05, 3.63) is 77.4 Å². The molecule has 0 amide bonds. The number of hydrogen-bond acceptors (Lipinski definition) is 7. The van der Waals surface area contributed by atoms with E-state index in [0.29, 0.717) is 49.5 Å². The first kappa shape index (κ1) is 30.8. The zero-order valence-corrected chi connectivity index (χ0v) is 23.7. The molecule has 7 nitrogen and oxygen atoms in total. The molecule has 0 radical (unpaired) electrons. The number of carbonyl (C=O) groups excluding carboxylic acids is 1. The summed E-state index contributed by atoms with van der Waals surface area (Å²) >= 11 is 0. The molecule has 0 bridgehead atoms. The second-order valence-corrected chi connectivity index (χ2v) is 10.7. The van der Waals surface area contributed by atoms with Gasteiger partial charge in [0.1, 0.15) is 5.78 Å². The molecule has 0 aromatic heterocycles. The first-order chi connectivity index (χ1) is 19.2. The van der Waals surface area contributed by atoms with Gasteiger partial charge >= 0.3 is 0 Å². The van der Waals surface area contributed by atoms with E-state index in [1.54, 1.807) is 24.3 Å². The fourth-order valence-corrected chi connectivity index (χ4v) is 4.76. The number of aliphatic hydroxyl groups is 1. The van der Waals surface area contributed by atoms with Crippen LogP contribution < -0.4 is 9.47 Å². The number of phenolic OH excluding ortho intramolecular Hbond substituents is 3. The van der Waals surface area contributed by atoms with E-state index in [9.17, 15) is 25.2 Å². The van der Waals surface area contributed by atoms with Gasteiger partial charge in [0.25, 0.3) is 0 Å². The van der Waals surface area contributed by atoms with Gasteiger partial charge in [0.05, 0.1) is 19.8 Å². The zero-order chi connectivity index (χ0) is 29.1. The van der Waals surface area contributed by atoms with Gasteiger partial charge in [-0.05, 0) is 85.4 Å². The van der Waals surface area contributed by atoms with E-state index in [4.69, 9.17) is 9.47 Å². The minimum Gasteiger partial charge on any atom is -0.504 e. The standard InChI is InChI=1S/C33H42O7/c1-22(2)8-7-17-40-32-21-25(19-30(37)33(32)38)13-15-28(35)26(18-23-9-5-4-6-10-23)27(34)14-11-24-12-16-29(36)31(20-24)39-3/h4-6,9-10,12,16,19-22,26-27,34,36-38H,7-8,11,13-15,17-18H2,1-3H3. The van der Waals surface area contributed by atoms with Crippen LogP contribution in [0.1, 0.15) is 56.2 Å². The summed E-state index contributed by atoms with van der Waals surface area (Å²) in [6, 6.07) is 17.8. The number of methoxy groups -OCH3 is 1. The predicted molar refractivity (Wildman–Crippen MR) is 155 cm³/mol. The average Bonchev–Trinajstić information content (AvgIpc) is 2.94. The summed E-state index contributed by atoms with van der Waals surface area (Å²) < 4.78 is 10.9. The third-order valence-corrected chi connectivity index (χ3v) is 7.11. The third kappa shape index (κ3) is 9.19. The van der Waals surface area contributed by atoms with Gasteiger partial charge in [-0.1, -0.05) is 50.2 Å². The van der Waals surface area contributed by atoms with E-state index in [1.807, 2.05) is 30.3 Å². The van der Waals surface area contributed by atoms with E-state index in [-0.39, 0.29) is 35.2 Å². The van der Waals surface area contributed by atoms with Gasteiger partial charge in [-0.3, -0.25) is 4.79 Å². The number of ether oxygens (including phenoxy) is 2. The lowest BCUT2D eigenvalue weighted by molar-refractivity contribution is -0.126. The van der Waals surface area contributed by atoms with Crippen molar-refractivity contribution in [2.75, 3.05) is 13.7 Å². The van der Waals surface area contributed by atoms with Gasteiger partial charge in [-0.15, -0.1) is 0 Å². The van der Waals surface area contributed by atoms with Crippen LogP contribution in [-0.2, 0) is 24.1 Å². The van der Waals surface area contributed by atoms with Gasteiger partial charge < -0.3 is 29.9 Å². The Morgan fingerprint density at radius 3 is 2.25 bits per heavy atom. The number of ketones is 1. The van der Waals surface area contributed by atoms with Gasteiger partial charge in [0, 0.05) is 12.3 Å². The number of Topliss-reactive ketones (excluding diaryl/α,β-unsaturated/α-hetero) is 1. The molecule has 4 N–H and O–H groups in total. The number of hydrogen-bond donors (Lipinski definition) is 4. The summed E-state index contributed by atoms with van der Waals surface area (Å²) in [5, 5.41) is 41.5. The van der Waals surface area contributed by atoms with Gasteiger partial charge in [0.2, 0.25) is 5.75 Å². The third-order valence-electron chi connectivity index (χ3n) is 7.11. The smallest absolute Gasteiger partial charge is 0.200 e. The molecule has 7 heteroatoms. The fraction of sp³-hybridized carbons (Fsp3) is 0.424. The van der Waals surface area contributed by atoms with Crippen molar-refractivity contribution in [2.45, 2.75) is 64.9 Å². The van der Waals surface area contributed by atoms with Crippen molar-refractivity contribution >= 4 is 5.78 Å². The summed E-state index contributed by atoms with van der Waals surface area (Å²) in [5.41, 5.74) is 2.53. The van der Waals surface area contributed by atoms with Crippen LogP contribution in [0.3, 0.4) is 0 Å². The number of aromatic hydroxyl groups is 3. The van der Waals surface area contributed by atoms with Crippen LogP contribution in [-0.4, -0.2) is 46.0 Å². The Morgan fingerprint density at radius 1 is 0.825 bits per heavy atom. The van der Waals surface area contributed by atoms with Crippen molar-refractivity contribution in [1.82, 2.24) is 0 Å². The topological polar surface area (TPSA) is 116 Å². The zero-order valence-electron chi connectivity index (χ0n) is 23.7. The molecule has 2 atom stereocenters. The van der Waals surface area contributed by atoms with E-state index < -0.39 is 12.0 Å². The normalized spacial score (nSPS) is 12.7. The number of benzene rings is 3.